The maximum Gasteiger partial charge on any atom is 0.348 e. The van der Waals surface area contributed by atoms with Crippen molar-refractivity contribution >= 4 is 23.7 Å². The summed E-state index contributed by atoms with van der Waals surface area (Å²) in [4.78, 5) is 50.6. The molecular formula is C25H32O11. The lowest BCUT2D eigenvalue weighted by Gasteiger charge is -2.68. The van der Waals surface area contributed by atoms with Gasteiger partial charge in [-0.05, 0) is 45.1 Å². The van der Waals surface area contributed by atoms with E-state index in [1.807, 2.05) is 0 Å². The highest BCUT2D eigenvalue weighted by atomic mass is 16.7. The molecule has 198 valence electrons. The molecule has 0 aromatic rings. The van der Waals surface area contributed by atoms with E-state index in [0.717, 1.165) is 13.8 Å². The SMILES string of the molecule is CC1=CC(=O)[C@@H](O)[C@]2(C)[C@H]3[C@]4(O)OC[C@]35[C@H]([C@@H](C)[C@H]4O)[C@@H](OC(=O)C(C)(C)C(=O)O)C(=O)O[C@@H]5C[C@@H]12. The molecule has 4 fully saturated rings. The molecule has 0 aromatic carbocycles. The highest BCUT2D eigenvalue weighted by molar-refractivity contribution is 5.99. The van der Waals surface area contributed by atoms with Crippen molar-refractivity contribution in [1.82, 2.24) is 0 Å². The first-order chi connectivity index (χ1) is 16.6. The largest absolute Gasteiger partial charge is 0.480 e. The van der Waals surface area contributed by atoms with Gasteiger partial charge < -0.3 is 34.6 Å². The van der Waals surface area contributed by atoms with Crippen molar-refractivity contribution < 1.29 is 53.8 Å². The molecule has 2 saturated carbocycles. The lowest BCUT2D eigenvalue weighted by molar-refractivity contribution is -0.340. The quantitative estimate of drug-likeness (QED) is 0.293. The van der Waals surface area contributed by atoms with Crippen LogP contribution < -0.4 is 0 Å². The van der Waals surface area contributed by atoms with Crippen molar-refractivity contribution in [2.45, 2.75) is 71.2 Å². The van der Waals surface area contributed by atoms with Gasteiger partial charge in [-0.15, -0.1) is 0 Å². The van der Waals surface area contributed by atoms with Crippen molar-refractivity contribution in [1.29, 1.82) is 0 Å². The van der Waals surface area contributed by atoms with Gasteiger partial charge in [-0.1, -0.05) is 19.4 Å². The predicted octanol–water partition coefficient (Wildman–Crippen LogP) is -0.201. The summed E-state index contributed by atoms with van der Waals surface area (Å²) in [6, 6.07) is 0. The topological polar surface area (TPSA) is 177 Å². The first kappa shape index (κ1) is 25.3. The minimum Gasteiger partial charge on any atom is -0.480 e. The zero-order valence-electron chi connectivity index (χ0n) is 20.8. The van der Waals surface area contributed by atoms with Crippen LogP contribution in [0.5, 0.6) is 0 Å². The van der Waals surface area contributed by atoms with Crippen molar-refractivity contribution in [2.24, 2.45) is 39.9 Å². The lowest BCUT2D eigenvalue weighted by Crippen LogP contribution is -2.78. The lowest BCUT2D eigenvalue weighted by atomic mass is 9.38. The number of hydrogen-bond donors (Lipinski definition) is 4. The molecule has 36 heavy (non-hydrogen) atoms. The normalized spacial score (nSPS) is 49.4. The van der Waals surface area contributed by atoms with Crippen molar-refractivity contribution in [2.75, 3.05) is 6.61 Å². The number of carbonyl (C=O) groups is 4. The van der Waals surface area contributed by atoms with E-state index in [9.17, 15) is 39.6 Å². The van der Waals surface area contributed by atoms with Crippen LogP contribution in [0.2, 0.25) is 0 Å². The molecule has 1 spiro atoms. The Morgan fingerprint density at radius 3 is 2.47 bits per heavy atom. The Kier molecular flexibility index (Phi) is 5.18. The standard InChI is InChI=1S/C25H32O11/c1-9-6-12(26)17(28)23(5)11(9)7-13-24-8-34-25(33,19(23)24)16(27)10(2)14(24)15(18(29)35-13)36-21(32)22(3,4)20(30)31/h6,10-11,13-17,19,27-28,33H,7-8H2,1-5H3,(H,30,31)/t10-,11+,13-,14-,15-,16-,17-,19-,23-,24+,25-/m1/s1. The zero-order valence-corrected chi connectivity index (χ0v) is 20.8. The summed E-state index contributed by atoms with van der Waals surface area (Å²) in [5.41, 5.74) is -3.82. The fraction of sp³-hybridized carbons (Fsp3) is 0.760. The van der Waals surface area contributed by atoms with Crippen LogP contribution in [0.25, 0.3) is 0 Å². The van der Waals surface area contributed by atoms with Crippen LogP contribution in [-0.4, -0.2) is 80.9 Å². The summed E-state index contributed by atoms with van der Waals surface area (Å²) in [6.45, 7) is 7.12. The molecule has 2 heterocycles. The van der Waals surface area contributed by atoms with Crippen molar-refractivity contribution in [3.8, 4) is 0 Å². The van der Waals surface area contributed by atoms with E-state index in [4.69, 9.17) is 14.2 Å². The molecule has 5 aliphatic rings. The van der Waals surface area contributed by atoms with Crippen LogP contribution in [0.3, 0.4) is 0 Å². The first-order valence-electron chi connectivity index (χ1n) is 12.2. The molecule has 0 radical (unpaired) electrons. The van der Waals surface area contributed by atoms with Gasteiger partial charge in [0.05, 0.1) is 6.61 Å². The number of carbonyl (C=O) groups excluding carboxylic acids is 3. The highest BCUT2D eigenvalue weighted by Gasteiger charge is 2.83. The van der Waals surface area contributed by atoms with E-state index < -0.39 is 93.8 Å². The number of aliphatic hydroxyl groups excluding tert-OH is 2. The molecule has 0 unspecified atom stereocenters. The third-order valence-electron chi connectivity index (χ3n) is 9.91. The van der Waals surface area contributed by atoms with Gasteiger partial charge in [0.1, 0.15) is 18.3 Å². The van der Waals surface area contributed by atoms with Gasteiger partial charge in [0.25, 0.3) is 0 Å². The van der Waals surface area contributed by atoms with Gasteiger partial charge >= 0.3 is 17.9 Å². The number of ketones is 1. The minimum absolute atomic E-state index is 0.180. The third kappa shape index (κ3) is 2.72. The summed E-state index contributed by atoms with van der Waals surface area (Å²) in [7, 11) is 0. The number of hydrogen-bond acceptors (Lipinski definition) is 10. The fourth-order valence-electron chi connectivity index (χ4n) is 8.08. The van der Waals surface area contributed by atoms with Gasteiger partial charge in [0, 0.05) is 22.7 Å². The number of fused-ring (bicyclic) bond motifs is 1. The maximum atomic E-state index is 13.3. The molecule has 11 nitrogen and oxygen atoms in total. The second kappa shape index (κ2) is 7.37. The Labute approximate surface area is 207 Å². The van der Waals surface area contributed by atoms with E-state index >= 15 is 0 Å². The zero-order chi connectivity index (χ0) is 26.7. The molecule has 0 amide bonds. The maximum absolute atomic E-state index is 13.3. The van der Waals surface area contributed by atoms with E-state index in [0.29, 0.717) is 5.57 Å². The summed E-state index contributed by atoms with van der Waals surface area (Å²) in [5, 5.41) is 43.8. The number of aliphatic carboxylic acids is 1. The number of esters is 2. The summed E-state index contributed by atoms with van der Waals surface area (Å²) >= 11 is 0. The van der Waals surface area contributed by atoms with Gasteiger partial charge in [-0.3, -0.25) is 14.4 Å². The number of carboxylic acid groups (broad SMARTS) is 1. The van der Waals surface area contributed by atoms with E-state index in [1.165, 1.54) is 6.08 Å². The van der Waals surface area contributed by atoms with Crippen LogP contribution in [0.4, 0.5) is 0 Å². The van der Waals surface area contributed by atoms with Gasteiger partial charge in [0.15, 0.2) is 17.0 Å². The summed E-state index contributed by atoms with van der Waals surface area (Å²) in [6.07, 6.45) is -3.91. The van der Waals surface area contributed by atoms with E-state index in [-0.39, 0.29) is 13.0 Å². The monoisotopic (exact) mass is 508 g/mol. The highest BCUT2D eigenvalue weighted by Crippen LogP contribution is 2.73. The number of carboxylic acids is 1. The smallest absolute Gasteiger partial charge is 0.348 e. The Balaban J connectivity index is 1.68. The first-order valence-corrected chi connectivity index (χ1v) is 12.2. The average molecular weight is 509 g/mol. The fourth-order valence-corrected chi connectivity index (χ4v) is 8.08. The Hall–Kier alpha value is -2.34. The summed E-state index contributed by atoms with van der Waals surface area (Å²) < 4.78 is 17.2. The molecule has 5 rings (SSSR count). The molecule has 2 saturated heterocycles. The second-order valence-electron chi connectivity index (χ2n) is 11.9. The van der Waals surface area contributed by atoms with Crippen molar-refractivity contribution in [3.63, 3.8) is 0 Å². The van der Waals surface area contributed by atoms with Crippen LogP contribution in [-0.2, 0) is 33.4 Å². The Morgan fingerprint density at radius 1 is 1.22 bits per heavy atom. The molecule has 2 bridgehead atoms. The van der Waals surface area contributed by atoms with E-state index in [2.05, 4.69) is 0 Å². The Bertz CT molecular complexity index is 1100. The number of allylic oxidation sites excluding steroid dienone is 1. The average Bonchev–Trinajstić information content (AvgIpc) is 3.08. The minimum atomic E-state index is -2.17. The number of ether oxygens (including phenoxy) is 3. The molecule has 11 heteroatoms. The number of aliphatic hydroxyl groups is 3. The third-order valence-corrected chi connectivity index (χ3v) is 9.91. The Morgan fingerprint density at radius 2 is 1.86 bits per heavy atom. The second-order valence-corrected chi connectivity index (χ2v) is 11.9. The molecule has 3 aliphatic carbocycles. The van der Waals surface area contributed by atoms with Crippen LogP contribution in [0, 0.1) is 39.9 Å². The molecule has 0 aromatic heterocycles. The summed E-state index contributed by atoms with van der Waals surface area (Å²) in [5.74, 6) is -9.50. The van der Waals surface area contributed by atoms with Gasteiger partial charge in [0.2, 0.25) is 6.10 Å². The van der Waals surface area contributed by atoms with Crippen molar-refractivity contribution in [3.05, 3.63) is 11.6 Å². The van der Waals surface area contributed by atoms with E-state index in [1.54, 1.807) is 20.8 Å². The molecule has 11 atom stereocenters. The molecular weight excluding hydrogens is 476 g/mol. The van der Waals surface area contributed by atoms with Crippen LogP contribution >= 0.6 is 0 Å². The number of rotatable bonds is 3. The van der Waals surface area contributed by atoms with Gasteiger partial charge in [-0.2, -0.15) is 0 Å². The van der Waals surface area contributed by atoms with Crippen LogP contribution in [0.1, 0.15) is 41.0 Å². The van der Waals surface area contributed by atoms with Crippen LogP contribution in [0.15, 0.2) is 11.6 Å². The van der Waals surface area contributed by atoms with Gasteiger partial charge in [-0.25, -0.2) is 4.79 Å². The molecule has 4 N–H and O–H groups in total. The molecule has 2 aliphatic heterocycles. The predicted molar refractivity (Wildman–Crippen MR) is 118 cm³/mol.